The molecule has 6 rings (SSSR count). The fourth-order valence-corrected chi connectivity index (χ4v) is 5.44. The fraction of sp³-hybridized carbons (Fsp3) is 0.385. The van der Waals surface area contributed by atoms with Crippen molar-refractivity contribution in [2.24, 2.45) is 0 Å². The highest BCUT2D eigenvalue weighted by atomic mass is 16.7. The number of para-hydroxylation sites is 1. The highest BCUT2D eigenvalue weighted by Crippen LogP contribution is 2.44. The number of aromatic nitrogens is 1. The van der Waals surface area contributed by atoms with E-state index in [1.165, 1.54) is 0 Å². The molecular formula is C26H27N3O5. The number of carbonyl (C=O) groups excluding carboxylic acids is 2. The van der Waals surface area contributed by atoms with Crippen molar-refractivity contribution in [1.29, 1.82) is 0 Å². The highest BCUT2D eigenvalue weighted by Gasteiger charge is 2.48. The van der Waals surface area contributed by atoms with Crippen LogP contribution in [0.15, 0.2) is 42.5 Å². The normalized spacial score (nSPS) is 21.2. The summed E-state index contributed by atoms with van der Waals surface area (Å²) < 4.78 is 16.5. The molecule has 1 aromatic heterocycles. The number of carbonyl (C=O) groups is 2. The minimum atomic E-state index is -0.546. The Morgan fingerprint density at radius 1 is 1.12 bits per heavy atom. The zero-order chi connectivity index (χ0) is 23.2. The van der Waals surface area contributed by atoms with Gasteiger partial charge in [-0.1, -0.05) is 24.3 Å². The lowest BCUT2D eigenvalue weighted by Gasteiger charge is -2.47. The van der Waals surface area contributed by atoms with Crippen LogP contribution in [-0.2, 0) is 20.7 Å². The Bertz CT molecular complexity index is 1270. The summed E-state index contributed by atoms with van der Waals surface area (Å²) in [4.78, 5) is 34.2. The van der Waals surface area contributed by atoms with E-state index in [1.807, 2.05) is 43.3 Å². The van der Waals surface area contributed by atoms with Crippen molar-refractivity contribution in [2.75, 3.05) is 33.1 Å². The van der Waals surface area contributed by atoms with Crippen LogP contribution in [0.4, 0.5) is 0 Å². The predicted molar refractivity (Wildman–Crippen MR) is 125 cm³/mol. The van der Waals surface area contributed by atoms with Gasteiger partial charge in [0, 0.05) is 42.8 Å². The minimum Gasteiger partial charge on any atom is -0.454 e. The lowest BCUT2D eigenvalue weighted by molar-refractivity contribution is -0.158. The van der Waals surface area contributed by atoms with E-state index in [1.54, 1.807) is 9.80 Å². The van der Waals surface area contributed by atoms with E-state index in [9.17, 15) is 9.59 Å². The summed E-state index contributed by atoms with van der Waals surface area (Å²) in [6.45, 7) is 3.95. The number of piperazine rings is 1. The van der Waals surface area contributed by atoms with Crippen molar-refractivity contribution in [1.82, 2.24) is 14.8 Å². The average Bonchev–Trinajstić information content (AvgIpc) is 3.47. The van der Waals surface area contributed by atoms with Crippen molar-refractivity contribution in [3.63, 3.8) is 0 Å². The van der Waals surface area contributed by atoms with E-state index >= 15 is 0 Å². The van der Waals surface area contributed by atoms with E-state index in [4.69, 9.17) is 14.2 Å². The standard InChI is InChI=1S/C26H27N3O5/c1-2-32-11-5-10-28-14-23(30)29-20(26(28)31)13-18-17-6-3-4-7-19(17)27-24(18)25(29)16-8-9-21-22(12-16)34-15-33-21/h3-4,6-9,12,20,25,27H,2,5,10-11,13-15H2,1H3/t20-,25-/m1/s1. The van der Waals surface area contributed by atoms with Gasteiger partial charge in [0.2, 0.25) is 18.6 Å². The first-order chi connectivity index (χ1) is 16.7. The van der Waals surface area contributed by atoms with Gasteiger partial charge in [0.25, 0.3) is 0 Å². The Balaban J connectivity index is 1.42. The van der Waals surface area contributed by atoms with Gasteiger partial charge in [-0.3, -0.25) is 9.59 Å². The molecule has 0 radical (unpaired) electrons. The number of amides is 2. The Morgan fingerprint density at radius 3 is 2.85 bits per heavy atom. The van der Waals surface area contributed by atoms with Crippen molar-refractivity contribution >= 4 is 22.7 Å². The molecule has 0 aliphatic carbocycles. The molecule has 8 nitrogen and oxygen atoms in total. The van der Waals surface area contributed by atoms with Gasteiger partial charge >= 0.3 is 0 Å². The first-order valence-electron chi connectivity index (χ1n) is 11.8. The first kappa shape index (κ1) is 21.0. The molecule has 3 aliphatic rings. The molecule has 4 heterocycles. The fourth-order valence-electron chi connectivity index (χ4n) is 5.44. The summed E-state index contributed by atoms with van der Waals surface area (Å²) in [6.07, 6.45) is 1.20. The van der Waals surface area contributed by atoms with Gasteiger partial charge in [-0.2, -0.15) is 0 Å². The van der Waals surface area contributed by atoms with Crippen LogP contribution >= 0.6 is 0 Å². The van der Waals surface area contributed by atoms with Gasteiger partial charge in [0.05, 0.1) is 12.6 Å². The van der Waals surface area contributed by atoms with Crippen LogP contribution in [-0.4, -0.2) is 65.7 Å². The third-order valence-corrected chi connectivity index (χ3v) is 6.98. The van der Waals surface area contributed by atoms with Crippen LogP contribution in [0.3, 0.4) is 0 Å². The maximum atomic E-state index is 13.6. The molecule has 176 valence electrons. The smallest absolute Gasteiger partial charge is 0.246 e. The van der Waals surface area contributed by atoms with E-state index in [0.717, 1.165) is 27.7 Å². The predicted octanol–water partition coefficient (Wildman–Crippen LogP) is 3.01. The molecule has 1 fully saturated rings. The number of aromatic amines is 1. The Labute approximate surface area is 197 Å². The van der Waals surface area contributed by atoms with E-state index in [-0.39, 0.29) is 25.2 Å². The number of benzene rings is 2. The number of fused-ring (bicyclic) bond motifs is 5. The second kappa shape index (κ2) is 8.36. The SMILES string of the molecule is CCOCCCN1CC(=O)N2[C@H](c3ccc4c(c3)OCO4)c3[nH]c4ccccc4c3C[C@@H]2C1=O. The molecule has 1 N–H and O–H groups in total. The molecule has 34 heavy (non-hydrogen) atoms. The first-order valence-corrected chi connectivity index (χ1v) is 11.8. The molecule has 0 saturated carbocycles. The van der Waals surface area contributed by atoms with Crippen LogP contribution in [0, 0.1) is 0 Å². The summed E-state index contributed by atoms with van der Waals surface area (Å²) in [6, 6.07) is 12.9. The van der Waals surface area contributed by atoms with Gasteiger partial charge in [-0.15, -0.1) is 0 Å². The second-order valence-electron chi connectivity index (χ2n) is 8.91. The van der Waals surface area contributed by atoms with Gasteiger partial charge in [0.1, 0.15) is 6.04 Å². The lowest BCUT2D eigenvalue weighted by Crippen LogP contribution is -2.63. The minimum absolute atomic E-state index is 0.00206. The molecule has 0 unspecified atom stereocenters. The molecule has 3 aliphatic heterocycles. The zero-order valence-electron chi connectivity index (χ0n) is 19.1. The van der Waals surface area contributed by atoms with Gasteiger partial charge in [0.15, 0.2) is 11.5 Å². The maximum Gasteiger partial charge on any atom is 0.246 e. The number of nitrogens with one attached hydrogen (secondary N) is 1. The zero-order valence-corrected chi connectivity index (χ0v) is 19.1. The summed E-state index contributed by atoms with van der Waals surface area (Å²) in [5.74, 6) is 1.30. The van der Waals surface area contributed by atoms with Crippen molar-refractivity contribution in [3.8, 4) is 11.5 Å². The number of hydrogen-bond acceptors (Lipinski definition) is 5. The third kappa shape index (κ3) is 3.32. The quantitative estimate of drug-likeness (QED) is 0.571. The molecule has 0 spiro atoms. The topological polar surface area (TPSA) is 84.1 Å². The van der Waals surface area contributed by atoms with Gasteiger partial charge in [-0.25, -0.2) is 0 Å². The van der Waals surface area contributed by atoms with Crippen LogP contribution in [0.2, 0.25) is 0 Å². The summed E-state index contributed by atoms with van der Waals surface area (Å²) in [7, 11) is 0. The Morgan fingerprint density at radius 2 is 1.97 bits per heavy atom. The maximum absolute atomic E-state index is 13.6. The van der Waals surface area contributed by atoms with Crippen LogP contribution < -0.4 is 9.47 Å². The Hall–Kier alpha value is -3.52. The van der Waals surface area contributed by atoms with Crippen molar-refractivity contribution < 1.29 is 23.8 Å². The van der Waals surface area contributed by atoms with Crippen LogP contribution in [0.5, 0.6) is 11.5 Å². The van der Waals surface area contributed by atoms with Gasteiger partial charge in [-0.05, 0) is 42.7 Å². The van der Waals surface area contributed by atoms with Crippen molar-refractivity contribution in [2.45, 2.75) is 31.8 Å². The second-order valence-corrected chi connectivity index (χ2v) is 8.91. The summed E-state index contributed by atoms with van der Waals surface area (Å²) in [5, 5.41) is 1.09. The number of ether oxygens (including phenoxy) is 3. The van der Waals surface area contributed by atoms with Crippen molar-refractivity contribution in [3.05, 3.63) is 59.3 Å². The molecule has 2 amide bonds. The molecule has 1 saturated heterocycles. The number of H-pyrrole nitrogens is 1. The number of hydrogen-bond donors (Lipinski definition) is 1. The third-order valence-electron chi connectivity index (χ3n) is 6.98. The summed E-state index contributed by atoms with van der Waals surface area (Å²) >= 11 is 0. The molecule has 3 aromatic rings. The molecule has 2 aromatic carbocycles. The molecule has 8 heteroatoms. The molecular weight excluding hydrogens is 434 g/mol. The Kier molecular flexibility index (Phi) is 5.17. The van der Waals surface area contributed by atoms with E-state index in [2.05, 4.69) is 11.1 Å². The number of nitrogens with zero attached hydrogens (tertiary/aromatic N) is 2. The lowest BCUT2D eigenvalue weighted by atomic mass is 9.86. The largest absolute Gasteiger partial charge is 0.454 e. The highest BCUT2D eigenvalue weighted by molar-refractivity contribution is 5.97. The summed E-state index contributed by atoms with van der Waals surface area (Å²) in [5.41, 5.74) is 3.96. The van der Waals surface area contributed by atoms with E-state index < -0.39 is 12.1 Å². The van der Waals surface area contributed by atoms with Gasteiger partial charge < -0.3 is 29.0 Å². The van der Waals surface area contributed by atoms with E-state index in [0.29, 0.717) is 44.1 Å². The molecule has 0 bridgehead atoms. The molecule has 2 atom stereocenters. The van der Waals surface area contributed by atoms with Crippen LogP contribution in [0.1, 0.15) is 36.2 Å². The number of rotatable bonds is 6. The average molecular weight is 462 g/mol. The van der Waals surface area contributed by atoms with Crippen LogP contribution in [0.25, 0.3) is 10.9 Å². The monoisotopic (exact) mass is 461 g/mol.